The van der Waals surface area contributed by atoms with E-state index in [1.165, 1.54) is 0 Å². The highest BCUT2D eigenvalue weighted by Gasteiger charge is 2.38. The average molecular weight is 487 g/mol. The number of carbonyl (C=O) groups excluding carboxylic acids is 2. The molecule has 0 fully saturated rings. The molecule has 8 heteroatoms. The van der Waals surface area contributed by atoms with Gasteiger partial charge in [-0.3, -0.25) is 0 Å². The van der Waals surface area contributed by atoms with E-state index < -0.39 is 23.1 Å². The number of nitrogens with zero attached hydrogens (tertiary/aromatic N) is 2. The number of hydrogen-bond donors (Lipinski definition) is 0. The van der Waals surface area contributed by atoms with Gasteiger partial charge in [0.05, 0.1) is 0 Å². The zero-order valence-electron chi connectivity index (χ0n) is 18.9. The van der Waals surface area contributed by atoms with Gasteiger partial charge in [-0.1, -0.05) is 29.3 Å². The highest BCUT2D eigenvalue weighted by Crippen LogP contribution is 2.43. The molecule has 6 nitrogen and oxygen atoms in total. The largest absolute Gasteiger partial charge is 0.455 e. The maximum atomic E-state index is 12.4. The van der Waals surface area contributed by atoms with Gasteiger partial charge in [-0.2, -0.15) is 10.5 Å². The fourth-order valence-electron chi connectivity index (χ4n) is 4.49. The molecule has 2 aliphatic rings. The molecule has 172 valence electrons. The first kappa shape index (κ1) is 24.8. The second-order valence-corrected chi connectivity index (χ2v) is 10.4. The fraction of sp³-hybridized carbons (Fsp3) is 0.440. The highest BCUT2D eigenvalue weighted by molar-refractivity contribution is 6.35. The molecule has 1 aromatic rings. The molecule has 0 aliphatic carbocycles. The summed E-state index contributed by atoms with van der Waals surface area (Å²) < 4.78 is 10.8. The molecule has 33 heavy (non-hydrogen) atoms. The molecule has 0 spiro atoms. The first-order valence-corrected chi connectivity index (χ1v) is 11.3. The Hall–Kier alpha value is -2.80. The van der Waals surface area contributed by atoms with Crippen LogP contribution in [0.4, 0.5) is 0 Å². The Morgan fingerprint density at radius 2 is 1.36 bits per heavy atom. The van der Waals surface area contributed by atoms with E-state index in [1.54, 1.807) is 45.9 Å². The van der Waals surface area contributed by atoms with E-state index >= 15 is 0 Å². The first-order chi connectivity index (χ1) is 15.4. The standard InChI is InChI=1S/C25H24Cl2N2O4/c1-24(2)10-15(19(12-28)22(30)32-24)7-14(18-6-5-17(26)9-21(18)27)8-16-11-25(3,4)33-23(31)20(16)13-29/h5-6,9,14H,7-8,10-11H2,1-4H3. The van der Waals surface area contributed by atoms with Gasteiger partial charge >= 0.3 is 11.9 Å². The van der Waals surface area contributed by atoms with Crippen LogP contribution in [-0.2, 0) is 19.1 Å². The van der Waals surface area contributed by atoms with Gasteiger partial charge < -0.3 is 9.47 Å². The van der Waals surface area contributed by atoms with E-state index in [-0.39, 0.29) is 17.1 Å². The molecular weight excluding hydrogens is 463 g/mol. The molecule has 0 radical (unpaired) electrons. The minimum atomic E-state index is -0.755. The summed E-state index contributed by atoms with van der Waals surface area (Å²) in [5.74, 6) is -1.61. The maximum Gasteiger partial charge on any atom is 0.349 e. The predicted octanol–water partition coefficient (Wildman–Crippen LogP) is 5.95. The summed E-state index contributed by atoms with van der Waals surface area (Å²) in [6.07, 6.45) is 1.45. The third kappa shape index (κ3) is 5.58. The van der Waals surface area contributed by atoms with E-state index in [0.717, 1.165) is 5.56 Å². The second-order valence-electron chi connectivity index (χ2n) is 9.60. The topological polar surface area (TPSA) is 100 Å². The zero-order valence-corrected chi connectivity index (χ0v) is 20.4. The number of nitriles is 2. The van der Waals surface area contributed by atoms with Crippen molar-refractivity contribution in [3.8, 4) is 12.1 Å². The molecule has 0 atom stereocenters. The van der Waals surface area contributed by atoms with Crippen molar-refractivity contribution >= 4 is 35.1 Å². The number of esters is 2. The minimum Gasteiger partial charge on any atom is -0.455 e. The lowest BCUT2D eigenvalue weighted by Crippen LogP contribution is -2.35. The van der Waals surface area contributed by atoms with Crippen LogP contribution in [0.15, 0.2) is 40.5 Å². The molecular formula is C25H24Cl2N2O4. The van der Waals surface area contributed by atoms with Crippen LogP contribution >= 0.6 is 23.2 Å². The summed E-state index contributed by atoms with van der Waals surface area (Å²) >= 11 is 12.6. The van der Waals surface area contributed by atoms with Gasteiger partial charge in [0, 0.05) is 22.9 Å². The Balaban J connectivity index is 2.10. The summed E-state index contributed by atoms with van der Waals surface area (Å²) in [4.78, 5) is 24.9. The van der Waals surface area contributed by atoms with Gasteiger partial charge in [0.1, 0.15) is 34.5 Å². The van der Waals surface area contributed by atoms with Gasteiger partial charge in [-0.15, -0.1) is 0 Å². The van der Waals surface area contributed by atoms with Gasteiger partial charge in [0.25, 0.3) is 0 Å². The van der Waals surface area contributed by atoms with Crippen molar-refractivity contribution in [2.24, 2.45) is 0 Å². The predicted molar refractivity (Wildman–Crippen MR) is 123 cm³/mol. The zero-order chi connectivity index (χ0) is 24.6. The third-order valence-corrected chi connectivity index (χ3v) is 6.31. The fourth-order valence-corrected chi connectivity index (χ4v) is 5.05. The van der Waals surface area contributed by atoms with E-state index in [0.29, 0.717) is 46.9 Å². The Bertz CT molecular complexity index is 1100. The summed E-state index contributed by atoms with van der Waals surface area (Å²) in [6.45, 7) is 7.16. The quantitative estimate of drug-likeness (QED) is 0.476. The minimum absolute atomic E-state index is 0.0118. The van der Waals surface area contributed by atoms with Crippen LogP contribution in [0, 0.1) is 22.7 Å². The Labute approximate surface area is 203 Å². The van der Waals surface area contributed by atoms with Crippen LogP contribution in [0.2, 0.25) is 10.0 Å². The van der Waals surface area contributed by atoms with Crippen molar-refractivity contribution < 1.29 is 19.1 Å². The molecule has 3 rings (SSSR count). The monoisotopic (exact) mass is 486 g/mol. The van der Waals surface area contributed by atoms with Gasteiger partial charge in [0.15, 0.2) is 0 Å². The first-order valence-electron chi connectivity index (χ1n) is 10.5. The lowest BCUT2D eigenvalue weighted by Gasteiger charge is -2.34. The number of carbonyl (C=O) groups is 2. The van der Waals surface area contributed by atoms with Crippen LogP contribution in [0.3, 0.4) is 0 Å². The second kappa shape index (κ2) is 9.21. The van der Waals surface area contributed by atoms with Gasteiger partial charge in [-0.05, 0) is 75.3 Å². The van der Waals surface area contributed by atoms with E-state index in [2.05, 4.69) is 0 Å². The molecule has 0 N–H and O–H groups in total. The molecule has 0 saturated heterocycles. The molecule has 2 heterocycles. The number of hydrogen-bond acceptors (Lipinski definition) is 6. The number of rotatable bonds is 5. The lowest BCUT2D eigenvalue weighted by molar-refractivity contribution is -0.153. The average Bonchev–Trinajstić information content (AvgIpc) is 2.65. The molecule has 0 unspecified atom stereocenters. The Kier molecular flexibility index (Phi) is 6.93. The Morgan fingerprint density at radius 3 is 1.76 bits per heavy atom. The van der Waals surface area contributed by atoms with Crippen LogP contribution in [0.5, 0.6) is 0 Å². The van der Waals surface area contributed by atoms with Crippen LogP contribution in [-0.4, -0.2) is 23.1 Å². The molecule has 1 aromatic carbocycles. The van der Waals surface area contributed by atoms with E-state index in [9.17, 15) is 20.1 Å². The highest BCUT2D eigenvalue weighted by atomic mass is 35.5. The van der Waals surface area contributed by atoms with Crippen molar-refractivity contribution in [2.45, 2.75) is 70.5 Å². The normalized spacial score (nSPS) is 19.7. The van der Waals surface area contributed by atoms with Gasteiger partial charge in [0.2, 0.25) is 0 Å². The summed E-state index contributed by atoms with van der Waals surface area (Å²) in [6, 6.07) is 9.10. The SMILES string of the molecule is CC1(C)CC(CC(CC2=C(C#N)C(=O)OC(C)(C)C2)c2ccc(Cl)cc2Cl)=C(C#N)C(=O)O1. The number of halogens is 2. The summed E-state index contributed by atoms with van der Waals surface area (Å²) in [7, 11) is 0. The molecule has 0 aromatic heterocycles. The van der Waals surface area contributed by atoms with Crippen molar-refractivity contribution in [2.75, 3.05) is 0 Å². The number of ether oxygens (including phenoxy) is 2. The third-order valence-electron chi connectivity index (χ3n) is 5.74. The summed E-state index contributed by atoms with van der Waals surface area (Å²) in [5, 5.41) is 20.1. The smallest absolute Gasteiger partial charge is 0.349 e. The lowest BCUT2D eigenvalue weighted by atomic mass is 9.78. The van der Waals surface area contributed by atoms with Crippen LogP contribution in [0.1, 0.15) is 64.9 Å². The van der Waals surface area contributed by atoms with Crippen molar-refractivity contribution in [3.05, 3.63) is 56.1 Å². The molecule has 0 amide bonds. The molecule has 0 saturated carbocycles. The van der Waals surface area contributed by atoms with E-state index in [1.807, 2.05) is 12.1 Å². The van der Waals surface area contributed by atoms with Crippen LogP contribution < -0.4 is 0 Å². The van der Waals surface area contributed by atoms with Crippen molar-refractivity contribution in [1.82, 2.24) is 0 Å². The maximum absolute atomic E-state index is 12.4. The summed E-state index contributed by atoms with van der Waals surface area (Å²) in [5.41, 5.74) is 0.538. The number of cyclic esters (lactones) is 2. The number of benzene rings is 1. The van der Waals surface area contributed by atoms with Crippen LogP contribution in [0.25, 0.3) is 0 Å². The van der Waals surface area contributed by atoms with Crippen molar-refractivity contribution in [3.63, 3.8) is 0 Å². The Morgan fingerprint density at radius 1 is 0.909 bits per heavy atom. The molecule has 2 aliphatic heterocycles. The van der Waals surface area contributed by atoms with E-state index in [4.69, 9.17) is 32.7 Å². The molecule has 0 bridgehead atoms. The van der Waals surface area contributed by atoms with Crippen molar-refractivity contribution in [1.29, 1.82) is 10.5 Å². The van der Waals surface area contributed by atoms with Gasteiger partial charge in [-0.25, -0.2) is 9.59 Å².